The third-order valence-corrected chi connectivity index (χ3v) is 4.31. The number of rotatable bonds is 2. The molecule has 1 aromatic carbocycles. The quantitative estimate of drug-likeness (QED) is 0.418. The van der Waals surface area contributed by atoms with E-state index in [1.807, 2.05) is 68.8 Å². The maximum absolute atomic E-state index is 11.9. The predicted octanol–water partition coefficient (Wildman–Crippen LogP) is 3.28. The highest BCUT2D eigenvalue weighted by molar-refractivity contribution is 6.68. The van der Waals surface area contributed by atoms with Crippen molar-refractivity contribution in [1.82, 2.24) is 4.40 Å². The third-order valence-electron chi connectivity index (χ3n) is 4.11. The zero-order chi connectivity index (χ0) is 16.1. The van der Waals surface area contributed by atoms with Gasteiger partial charge in [-0.15, -0.1) is 0 Å². The standard InChI is InChI=1S/C18H15ClN3O/c1-20(2)18-21-10-6-5-9-15(21)16-11-13(17(19)23)12-7-3-4-8-14(12)22(16)18/h3-11H,1-2H3/q+1. The van der Waals surface area contributed by atoms with Crippen LogP contribution in [0.25, 0.3) is 21.9 Å². The highest BCUT2D eigenvalue weighted by Crippen LogP contribution is 2.28. The van der Waals surface area contributed by atoms with Crippen LogP contribution < -0.4 is 9.30 Å². The Labute approximate surface area is 138 Å². The molecule has 3 aromatic heterocycles. The molecule has 0 saturated heterocycles. The van der Waals surface area contributed by atoms with Gasteiger partial charge in [0.05, 0.1) is 20.3 Å². The van der Waals surface area contributed by atoms with Gasteiger partial charge in [-0.05, 0) is 35.9 Å². The van der Waals surface area contributed by atoms with E-state index in [2.05, 4.69) is 13.7 Å². The summed E-state index contributed by atoms with van der Waals surface area (Å²) in [7, 11) is 4.02. The van der Waals surface area contributed by atoms with Gasteiger partial charge in [0.2, 0.25) is 0 Å². The molecule has 0 fully saturated rings. The second-order valence-corrected chi connectivity index (χ2v) is 6.06. The number of nitrogens with zero attached hydrogens (tertiary/aromatic N) is 3. The van der Waals surface area contributed by atoms with Crippen molar-refractivity contribution in [3.8, 4) is 0 Å². The topological polar surface area (TPSA) is 28.8 Å². The van der Waals surface area contributed by atoms with Crippen molar-refractivity contribution in [3.63, 3.8) is 0 Å². The van der Waals surface area contributed by atoms with Crippen LogP contribution in [0.4, 0.5) is 5.95 Å². The Morgan fingerprint density at radius 1 is 1.09 bits per heavy atom. The Morgan fingerprint density at radius 2 is 1.83 bits per heavy atom. The van der Waals surface area contributed by atoms with Gasteiger partial charge in [-0.2, -0.15) is 4.40 Å². The minimum Gasteiger partial charge on any atom is -0.276 e. The maximum Gasteiger partial charge on any atom is 0.369 e. The normalized spacial score (nSPS) is 11.4. The van der Waals surface area contributed by atoms with Crippen molar-refractivity contribution >= 4 is 44.7 Å². The summed E-state index contributed by atoms with van der Waals surface area (Å²) in [6.45, 7) is 0. The Bertz CT molecular complexity index is 1080. The van der Waals surface area contributed by atoms with Crippen LogP contribution in [-0.4, -0.2) is 23.7 Å². The number of para-hydroxylation sites is 1. The van der Waals surface area contributed by atoms with Gasteiger partial charge in [0.15, 0.2) is 0 Å². The fraction of sp³-hybridized carbons (Fsp3) is 0.111. The van der Waals surface area contributed by atoms with E-state index < -0.39 is 5.24 Å². The minimum absolute atomic E-state index is 0.439. The molecule has 23 heavy (non-hydrogen) atoms. The lowest BCUT2D eigenvalue weighted by molar-refractivity contribution is -0.497. The van der Waals surface area contributed by atoms with E-state index in [4.69, 9.17) is 11.6 Å². The summed E-state index contributed by atoms with van der Waals surface area (Å²) in [6.07, 6.45) is 2.02. The summed E-state index contributed by atoms with van der Waals surface area (Å²) < 4.78 is 4.28. The summed E-state index contributed by atoms with van der Waals surface area (Å²) >= 11 is 5.84. The summed E-state index contributed by atoms with van der Waals surface area (Å²) in [4.78, 5) is 14.0. The highest BCUT2D eigenvalue weighted by Gasteiger charge is 2.25. The van der Waals surface area contributed by atoms with E-state index in [-0.39, 0.29) is 0 Å². The lowest BCUT2D eigenvalue weighted by Gasteiger charge is -2.08. The molecule has 4 nitrogen and oxygen atoms in total. The smallest absolute Gasteiger partial charge is 0.276 e. The van der Waals surface area contributed by atoms with Gasteiger partial charge in [0.25, 0.3) is 5.24 Å². The van der Waals surface area contributed by atoms with Gasteiger partial charge in [-0.1, -0.05) is 24.3 Å². The molecule has 0 aliphatic rings. The lowest BCUT2D eigenvalue weighted by atomic mass is 10.1. The molecule has 4 aromatic rings. The molecule has 0 spiro atoms. The van der Waals surface area contributed by atoms with E-state index >= 15 is 0 Å². The number of halogens is 1. The van der Waals surface area contributed by atoms with Crippen LogP contribution >= 0.6 is 11.6 Å². The zero-order valence-corrected chi connectivity index (χ0v) is 13.6. The van der Waals surface area contributed by atoms with Crippen LogP contribution in [0.1, 0.15) is 10.4 Å². The molecular formula is C18H15ClN3O+. The van der Waals surface area contributed by atoms with E-state index in [1.165, 1.54) is 0 Å². The number of hydrogen-bond donors (Lipinski definition) is 0. The molecule has 0 amide bonds. The first-order chi connectivity index (χ1) is 11.1. The van der Waals surface area contributed by atoms with Gasteiger partial charge in [-0.25, -0.2) is 4.40 Å². The number of hydrogen-bond acceptors (Lipinski definition) is 2. The van der Waals surface area contributed by atoms with Crippen molar-refractivity contribution in [1.29, 1.82) is 0 Å². The molecule has 0 atom stereocenters. The van der Waals surface area contributed by atoms with Gasteiger partial charge in [-0.3, -0.25) is 9.69 Å². The minimum atomic E-state index is -0.439. The fourth-order valence-corrected chi connectivity index (χ4v) is 3.38. The second kappa shape index (κ2) is 4.96. The first-order valence-electron chi connectivity index (χ1n) is 7.33. The second-order valence-electron chi connectivity index (χ2n) is 5.72. The van der Waals surface area contributed by atoms with Crippen molar-refractivity contribution in [2.24, 2.45) is 0 Å². The van der Waals surface area contributed by atoms with Gasteiger partial charge in [0, 0.05) is 10.9 Å². The third kappa shape index (κ3) is 1.92. The molecule has 0 aliphatic carbocycles. The number of pyridine rings is 2. The van der Waals surface area contributed by atoms with Crippen molar-refractivity contribution < 1.29 is 9.20 Å². The summed E-state index contributed by atoms with van der Waals surface area (Å²) in [6, 6.07) is 15.7. The van der Waals surface area contributed by atoms with Gasteiger partial charge >= 0.3 is 5.95 Å². The predicted molar refractivity (Wildman–Crippen MR) is 92.6 cm³/mol. The molecule has 0 radical (unpaired) electrons. The van der Waals surface area contributed by atoms with Crippen LogP contribution in [0.15, 0.2) is 54.7 Å². The molecular weight excluding hydrogens is 310 g/mol. The Kier molecular flexibility index (Phi) is 3.03. The first-order valence-corrected chi connectivity index (χ1v) is 7.71. The summed E-state index contributed by atoms with van der Waals surface area (Å²) in [5.41, 5.74) is 3.48. The van der Waals surface area contributed by atoms with E-state index in [0.29, 0.717) is 5.56 Å². The number of benzene rings is 1. The molecule has 0 unspecified atom stereocenters. The molecule has 3 heterocycles. The van der Waals surface area contributed by atoms with Crippen LogP contribution in [0.3, 0.4) is 0 Å². The molecule has 4 rings (SSSR count). The molecule has 0 bridgehead atoms. The largest absolute Gasteiger partial charge is 0.369 e. The van der Waals surface area contributed by atoms with Crippen molar-refractivity contribution in [2.75, 3.05) is 19.0 Å². The zero-order valence-electron chi connectivity index (χ0n) is 12.8. The molecule has 0 saturated carbocycles. The van der Waals surface area contributed by atoms with E-state index in [1.54, 1.807) is 0 Å². The monoisotopic (exact) mass is 324 g/mol. The Morgan fingerprint density at radius 3 is 2.57 bits per heavy atom. The first kappa shape index (κ1) is 14.0. The van der Waals surface area contributed by atoms with Gasteiger partial charge < -0.3 is 0 Å². The van der Waals surface area contributed by atoms with Crippen LogP contribution in [0.5, 0.6) is 0 Å². The van der Waals surface area contributed by atoms with Crippen molar-refractivity contribution in [2.45, 2.75) is 0 Å². The fourth-order valence-electron chi connectivity index (χ4n) is 3.22. The van der Waals surface area contributed by atoms with Crippen LogP contribution in [0, 0.1) is 0 Å². The molecule has 0 N–H and O–H groups in total. The Hall–Kier alpha value is -2.59. The number of carbonyl (C=O) groups is 1. The van der Waals surface area contributed by atoms with Gasteiger partial charge in [0.1, 0.15) is 16.6 Å². The average molecular weight is 325 g/mol. The highest BCUT2D eigenvalue weighted by atomic mass is 35.5. The number of imidazole rings is 1. The maximum atomic E-state index is 11.9. The lowest BCUT2D eigenvalue weighted by Crippen LogP contribution is -2.29. The number of fused-ring (bicyclic) bond motifs is 5. The SMILES string of the molecule is CN(C)c1n2c3ccccc3c(C(=O)Cl)cc2c2cccc[n+]12. The van der Waals surface area contributed by atoms with E-state index in [0.717, 1.165) is 27.9 Å². The number of carbonyl (C=O) groups excluding carboxylic acids is 1. The molecule has 114 valence electrons. The summed E-state index contributed by atoms with van der Waals surface area (Å²) in [5, 5.41) is 0.411. The number of anilines is 1. The Balaban J connectivity index is 2.37. The molecule has 5 heteroatoms. The number of aromatic nitrogens is 2. The van der Waals surface area contributed by atoms with Crippen molar-refractivity contribution in [3.05, 3.63) is 60.3 Å². The van der Waals surface area contributed by atoms with Crippen LogP contribution in [-0.2, 0) is 0 Å². The average Bonchev–Trinajstić information content (AvgIpc) is 2.88. The van der Waals surface area contributed by atoms with Crippen LogP contribution in [0.2, 0.25) is 0 Å². The molecule has 0 aliphatic heterocycles. The summed E-state index contributed by atoms with van der Waals surface area (Å²) in [5.74, 6) is 1.01. The van der Waals surface area contributed by atoms with E-state index in [9.17, 15) is 4.79 Å².